The summed E-state index contributed by atoms with van der Waals surface area (Å²) in [5.41, 5.74) is 0.604. The van der Waals surface area contributed by atoms with Crippen molar-refractivity contribution in [1.82, 2.24) is 4.57 Å². The minimum atomic E-state index is -0.441. The largest absolute Gasteiger partial charge is 0.424 e. The predicted molar refractivity (Wildman–Crippen MR) is 72.3 cm³/mol. The van der Waals surface area contributed by atoms with Crippen molar-refractivity contribution in [3.8, 4) is 5.75 Å². The quantitative estimate of drug-likeness (QED) is 0.750. The number of hydrogen-bond donors (Lipinski definition) is 0. The molecule has 2 aromatic rings. The molecule has 18 heavy (non-hydrogen) atoms. The first-order valence-electron chi connectivity index (χ1n) is 5.09. The summed E-state index contributed by atoms with van der Waals surface area (Å²) < 4.78 is 7.14. The van der Waals surface area contributed by atoms with Crippen LogP contribution in [0.4, 0.5) is 0 Å². The zero-order valence-corrected chi connectivity index (χ0v) is 12.0. The summed E-state index contributed by atoms with van der Waals surface area (Å²) in [4.78, 5) is 22.6. The van der Waals surface area contributed by atoms with Crippen LogP contribution >= 0.6 is 27.5 Å². The van der Waals surface area contributed by atoms with Gasteiger partial charge in [-0.25, -0.2) is 0 Å². The number of rotatable bonds is 1. The Balaban J connectivity index is 2.76. The smallest absolute Gasteiger partial charge is 0.308 e. The monoisotopic (exact) mass is 329 g/mol. The van der Waals surface area contributed by atoms with E-state index < -0.39 is 5.97 Å². The van der Waals surface area contributed by atoms with Crippen LogP contribution in [0, 0.1) is 0 Å². The number of esters is 1. The van der Waals surface area contributed by atoms with Crippen LogP contribution in [-0.2, 0) is 4.79 Å². The Kier molecular flexibility index (Phi) is 3.45. The highest BCUT2D eigenvalue weighted by molar-refractivity contribution is 9.10. The molecule has 6 heteroatoms. The first-order valence-corrected chi connectivity index (χ1v) is 6.26. The van der Waals surface area contributed by atoms with Gasteiger partial charge in [0, 0.05) is 23.7 Å². The van der Waals surface area contributed by atoms with Crippen LogP contribution < -0.4 is 4.74 Å². The third-order valence-corrected chi connectivity index (χ3v) is 3.60. The van der Waals surface area contributed by atoms with E-state index in [9.17, 15) is 9.59 Å². The number of aromatic nitrogens is 1. The lowest BCUT2D eigenvalue weighted by Gasteiger charge is -2.01. The van der Waals surface area contributed by atoms with E-state index in [-0.39, 0.29) is 5.91 Å². The number of carbonyl (C=O) groups excluding carboxylic acids is 2. The Morgan fingerprint density at radius 2 is 2.00 bits per heavy atom. The molecule has 0 spiro atoms. The molecule has 0 aliphatic rings. The number of benzene rings is 1. The van der Waals surface area contributed by atoms with Gasteiger partial charge < -0.3 is 4.74 Å². The van der Waals surface area contributed by atoms with E-state index in [0.717, 1.165) is 0 Å². The molecule has 4 nitrogen and oxygen atoms in total. The number of nitrogens with zero attached hydrogens (tertiary/aromatic N) is 1. The molecule has 1 heterocycles. The molecular formula is C12H9BrClNO3. The second-order valence-electron chi connectivity index (χ2n) is 3.76. The molecule has 1 aromatic carbocycles. The van der Waals surface area contributed by atoms with E-state index in [1.165, 1.54) is 24.6 Å². The van der Waals surface area contributed by atoms with E-state index in [1.807, 2.05) is 0 Å². The summed E-state index contributed by atoms with van der Waals surface area (Å²) in [6.07, 6.45) is 1.48. The molecule has 0 saturated carbocycles. The Bertz CT molecular complexity index is 663. The second kappa shape index (κ2) is 4.74. The van der Waals surface area contributed by atoms with Gasteiger partial charge >= 0.3 is 5.97 Å². The molecule has 0 saturated heterocycles. The lowest BCUT2D eigenvalue weighted by molar-refractivity contribution is -0.131. The number of hydrogen-bond acceptors (Lipinski definition) is 3. The van der Waals surface area contributed by atoms with Gasteiger partial charge in [0.2, 0.25) is 5.91 Å². The van der Waals surface area contributed by atoms with Crippen molar-refractivity contribution >= 4 is 50.3 Å². The molecule has 94 valence electrons. The van der Waals surface area contributed by atoms with Crippen molar-refractivity contribution in [1.29, 1.82) is 0 Å². The molecule has 0 unspecified atom stereocenters. The average Bonchev–Trinajstić information content (AvgIpc) is 2.57. The van der Waals surface area contributed by atoms with E-state index in [1.54, 1.807) is 12.1 Å². The molecule has 0 N–H and O–H groups in total. The lowest BCUT2D eigenvalue weighted by atomic mass is 10.2. The highest BCUT2D eigenvalue weighted by atomic mass is 79.9. The summed E-state index contributed by atoms with van der Waals surface area (Å²) in [6, 6.07) is 3.37. The van der Waals surface area contributed by atoms with Gasteiger partial charge in [0.05, 0.1) is 16.7 Å². The molecule has 0 bridgehead atoms. The van der Waals surface area contributed by atoms with Gasteiger partial charge in [-0.3, -0.25) is 14.2 Å². The van der Waals surface area contributed by atoms with E-state index >= 15 is 0 Å². The van der Waals surface area contributed by atoms with Crippen LogP contribution in [0.25, 0.3) is 10.9 Å². The molecule has 1 aromatic heterocycles. The SMILES string of the molecule is CC(=O)Oc1cn(C(C)=O)c2cc(Cl)c(Br)cc12. The van der Waals surface area contributed by atoms with Crippen molar-refractivity contribution < 1.29 is 14.3 Å². The predicted octanol–water partition coefficient (Wildman–Crippen LogP) is 3.64. The minimum absolute atomic E-state index is 0.184. The maximum Gasteiger partial charge on any atom is 0.308 e. The van der Waals surface area contributed by atoms with Crippen LogP contribution in [0.3, 0.4) is 0 Å². The van der Waals surface area contributed by atoms with Gasteiger partial charge in [0.1, 0.15) is 0 Å². The fourth-order valence-electron chi connectivity index (χ4n) is 1.69. The van der Waals surface area contributed by atoms with Crippen molar-refractivity contribution in [3.05, 3.63) is 27.8 Å². The van der Waals surface area contributed by atoms with E-state index in [4.69, 9.17) is 16.3 Å². The standard InChI is InChI=1S/C12H9BrClNO3/c1-6(16)15-5-12(18-7(2)17)8-3-9(13)10(14)4-11(8)15/h3-5H,1-2H3. The Labute approximate surface area is 117 Å². The third-order valence-electron chi connectivity index (χ3n) is 2.40. The molecule has 0 amide bonds. The van der Waals surface area contributed by atoms with Crippen LogP contribution in [0.5, 0.6) is 5.75 Å². The zero-order valence-electron chi connectivity index (χ0n) is 9.66. The fraction of sp³-hybridized carbons (Fsp3) is 0.167. The van der Waals surface area contributed by atoms with Gasteiger partial charge in [0.15, 0.2) is 5.75 Å². The van der Waals surface area contributed by atoms with Gasteiger partial charge in [-0.1, -0.05) is 11.6 Å². The van der Waals surface area contributed by atoms with Gasteiger partial charge in [-0.05, 0) is 28.1 Å². The third kappa shape index (κ3) is 2.28. The molecule has 0 atom stereocenters. The molecule has 0 fully saturated rings. The number of halogens is 2. The summed E-state index contributed by atoms with van der Waals surface area (Å²) in [5.74, 6) is -0.287. The first kappa shape index (κ1) is 13.1. The maximum absolute atomic E-state index is 11.5. The van der Waals surface area contributed by atoms with Crippen LogP contribution in [-0.4, -0.2) is 16.4 Å². The van der Waals surface area contributed by atoms with Gasteiger partial charge in [0.25, 0.3) is 0 Å². The molecule has 0 aliphatic heterocycles. The summed E-state index contributed by atoms with van der Waals surface area (Å²) in [5, 5.41) is 1.13. The fourth-order valence-corrected chi connectivity index (χ4v) is 2.19. The molecule has 2 rings (SSSR count). The number of fused-ring (bicyclic) bond motifs is 1. The highest BCUT2D eigenvalue weighted by Crippen LogP contribution is 2.35. The maximum atomic E-state index is 11.5. The van der Waals surface area contributed by atoms with Crippen molar-refractivity contribution in [3.63, 3.8) is 0 Å². The summed E-state index contributed by atoms with van der Waals surface area (Å²) in [7, 11) is 0. The Morgan fingerprint density at radius 1 is 1.33 bits per heavy atom. The molecule has 0 aliphatic carbocycles. The molecule has 0 radical (unpaired) electrons. The van der Waals surface area contributed by atoms with E-state index in [0.29, 0.717) is 26.1 Å². The number of carbonyl (C=O) groups is 2. The second-order valence-corrected chi connectivity index (χ2v) is 5.02. The minimum Gasteiger partial charge on any atom is -0.424 e. The number of ether oxygens (including phenoxy) is 1. The normalized spacial score (nSPS) is 10.7. The van der Waals surface area contributed by atoms with Crippen LogP contribution in [0.1, 0.15) is 18.6 Å². The van der Waals surface area contributed by atoms with Gasteiger partial charge in [-0.2, -0.15) is 0 Å². The Morgan fingerprint density at radius 3 is 2.56 bits per heavy atom. The lowest BCUT2D eigenvalue weighted by Crippen LogP contribution is -2.03. The topological polar surface area (TPSA) is 48.3 Å². The van der Waals surface area contributed by atoms with Crippen LogP contribution in [0.15, 0.2) is 22.8 Å². The molecular weight excluding hydrogens is 321 g/mol. The van der Waals surface area contributed by atoms with E-state index in [2.05, 4.69) is 15.9 Å². The van der Waals surface area contributed by atoms with Crippen LogP contribution in [0.2, 0.25) is 5.02 Å². The Hall–Kier alpha value is -1.33. The van der Waals surface area contributed by atoms with Gasteiger partial charge in [-0.15, -0.1) is 0 Å². The van der Waals surface area contributed by atoms with Crippen molar-refractivity contribution in [2.45, 2.75) is 13.8 Å². The highest BCUT2D eigenvalue weighted by Gasteiger charge is 2.15. The average molecular weight is 331 g/mol. The van der Waals surface area contributed by atoms with Crippen molar-refractivity contribution in [2.24, 2.45) is 0 Å². The van der Waals surface area contributed by atoms with Crippen molar-refractivity contribution in [2.75, 3.05) is 0 Å². The first-order chi connectivity index (χ1) is 8.40. The summed E-state index contributed by atoms with van der Waals surface area (Å²) in [6.45, 7) is 2.73. The zero-order chi connectivity index (χ0) is 13.4. The summed E-state index contributed by atoms with van der Waals surface area (Å²) >= 11 is 9.30.